The molecule has 0 amide bonds. The molecule has 0 saturated carbocycles. The fraction of sp³-hybridized carbons (Fsp3) is 0.400. The van der Waals surface area contributed by atoms with E-state index < -0.39 is 0 Å². The van der Waals surface area contributed by atoms with Crippen molar-refractivity contribution in [2.24, 2.45) is 20.7 Å². The van der Waals surface area contributed by atoms with E-state index in [0.717, 1.165) is 36.0 Å². The molecule has 0 fully saturated rings. The maximum atomic E-state index is 5.15. The van der Waals surface area contributed by atoms with Crippen molar-refractivity contribution in [2.45, 2.75) is 13.8 Å². The van der Waals surface area contributed by atoms with E-state index in [2.05, 4.69) is 20.7 Å². The van der Waals surface area contributed by atoms with Crippen LogP contribution in [0.4, 0.5) is 11.4 Å². The van der Waals surface area contributed by atoms with Gasteiger partial charge in [0.05, 0.1) is 38.7 Å². The van der Waals surface area contributed by atoms with E-state index in [1.165, 1.54) is 0 Å². The molecule has 0 atom stereocenters. The summed E-state index contributed by atoms with van der Waals surface area (Å²) in [7, 11) is 3.28. The maximum absolute atomic E-state index is 5.15. The molecule has 0 aromatic heterocycles. The summed E-state index contributed by atoms with van der Waals surface area (Å²) in [5, 5.41) is 21.0. The van der Waals surface area contributed by atoms with Gasteiger partial charge in [0.2, 0.25) is 0 Å². The first-order chi connectivity index (χ1) is 13.7. The molecule has 28 heavy (non-hydrogen) atoms. The Morgan fingerprint density at radius 1 is 0.643 bits per heavy atom. The van der Waals surface area contributed by atoms with E-state index in [9.17, 15) is 0 Å². The second-order valence-corrected chi connectivity index (χ2v) is 5.87. The van der Waals surface area contributed by atoms with Crippen LogP contribution in [-0.4, -0.2) is 50.4 Å². The molecule has 0 radical (unpaired) electrons. The standard InChI is InChI=1S/C20H28N6O2/c1-5-25(23-21-17-7-11-19(27-3)12-8-17)15-16-26(6-2)24-22-18-9-13-20(28-4)14-10-18/h7-14H,5-6,15-16H2,1-4H3. The van der Waals surface area contributed by atoms with E-state index in [0.29, 0.717) is 13.1 Å². The molecule has 8 heteroatoms. The Balaban J connectivity index is 1.88. The quantitative estimate of drug-likeness (QED) is 0.401. The minimum Gasteiger partial charge on any atom is -0.497 e. The largest absolute Gasteiger partial charge is 0.497 e. The highest BCUT2D eigenvalue weighted by molar-refractivity contribution is 5.41. The Morgan fingerprint density at radius 3 is 1.29 bits per heavy atom. The minimum atomic E-state index is 0.700. The summed E-state index contributed by atoms with van der Waals surface area (Å²) >= 11 is 0. The molecule has 0 aliphatic rings. The van der Waals surface area contributed by atoms with Gasteiger partial charge in [0.25, 0.3) is 0 Å². The number of likely N-dealkylation sites (N-methyl/N-ethyl adjacent to an activating group) is 2. The van der Waals surface area contributed by atoms with Crippen LogP contribution in [0, 0.1) is 0 Å². The minimum absolute atomic E-state index is 0.700. The molecule has 0 spiro atoms. The van der Waals surface area contributed by atoms with E-state index in [-0.39, 0.29) is 0 Å². The molecule has 2 rings (SSSR count). The molecular weight excluding hydrogens is 356 g/mol. The van der Waals surface area contributed by atoms with Gasteiger partial charge in [-0.05, 0) is 62.4 Å². The maximum Gasteiger partial charge on any atom is 0.119 e. The monoisotopic (exact) mass is 384 g/mol. The van der Waals surface area contributed by atoms with Gasteiger partial charge >= 0.3 is 0 Å². The Kier molecular flexibility index (Phi) is 8.71. The smallest absolute Gasteiger partial charge is 0.119 e. The number of nitrogens with zero attached hydrogens (tertiary/aromatic N) is 6. The number of rotatable bonds is 11. The Hall–Kier alpha value is -3.16. The molecule has 0 aliphatic carbocycles. The van der Waals surface area contributed by atoms with Crippen molar-refractivity contribution in [1.29, 1.82) is 0 Å². The van der Waals surface area contributed by atoms with E-state index in [1.807, 2.05) is 72.4 Å². The van der Waals surface area contributed by atoms with Gasteiger partial charge in [-0.15, -0.1) is 10.2 Å². The molecule has 2 aromatic carbocycles. The van der Waals surface area contributed by atoms with Crippen molar-refractivity contribution < 1.29 is 9.47 Å². The topological polar surface area (TPSA) is 74.4 Å². The average molecular weight is 384 g/mol. The predicted molar refractivity (Wildman–Crippen MR) is 110 cm³/mol. The van der Waals surface area contributed by atoms with Gasteiger partial charge in [-0.3, -0.25) is 10.0 Å². The average Bonchev–Trinajstić information content (AvgIpc) is 2.76. The molecule has 8 nitrogen and oxygen atoms in total. The van der Waals surface area contributed by atoms with E-state index in [1.54, 1.807) is 14.2 Å². The SMILES string of the molecule is CCN(CCN(CC)N=Nc1ccc(OC)cc1)N=Nc1ccc(OC)cc1. The summed E-state index contributed by atoms with van der Waals surface area (Å²) in [5.41, 5.74) is 1.57. The highest BCUT2D eigenvalue weighted by Gasteiger charge is 2.04. The third kappa shape index (κ3) is 6.86. The zero-order chi connectivity index (χ0) is 20.2. The first kappa shape index (κ1) is 21.1. The molecule has 0 bridgehead atoms. The lowest BCUT2D eigenvalue weighted by atomic mass is 10.3. The third-order valence-electron chi connectivity index (χ3n) is 4.06. The zero-order valence-corrected chi connectivity index (χ0v) is 16.9. The number of ether oxygens (including phenoxy) is 2. The van der Waals surface area contributed by atoms with Crippen LogP contribution in [0.5, 0.6) is 11.5 Å². The van der Waals surface area contributed by atoms with Crippen molar-refractivity contribution >= 4 is 11.4 Å². The van der Waals surface area contributed by atoms with Gasteiger partial charge in [-0.25, -0.2) is 0 Å². The summed E-state index contributed by atoms with van der Waals surface area (Å²) in [6.45, 7) is 7.00. The van der Waals surface area contributed by atoms with Crippen molar-refractivity contribution in [2.75, 3.05) is 40.4 Å². The van der Waals surface area contributed by atoms with Crippen LogP contribution in [0.3, 0.4) is 0 Å². The van der Waals surface area contributed by atoms with Gasteiger partial charge in [-0.2, -0.15) is 0 Å². The second-order valence-electron chi connectivity index (χ2n) is 5.87. The van der Waals surface area contributed by atoms with Gasteiger partial charge in [0, 0.05) is 13.1 Å². The third-order valence-corrected chi connectivity index (χ3v) is 4.06. The van der Waals surface area contributed by atoms with Crippen molar-refractivity contribution in [1.82, 2.24) is 10.0 Å². The first-order valence-corrected chi connectivity index (χ1v) is 9.29. The van der Waals surface area contributed by atoms with Crippen LogP contribution >= 0.6 is 0 Å². The summed E-state index contributed by atoms with van der Waals surface area (Å²) in [6, 6.07) is 14.9. The first-order valence-electron chi connectivity index (χ1n) is 9.29. The van der Waals surface area contributed by atoms with Crippen LogP contribution in [0.2, 0.25) is 0 Å². The van der Waals surface area contributed by atoms with Gasteiger partial charge in [0.1, 0.15) is 11.5 Å². The number of hydrogen-bond acceptors (Lipinski definition) is 6. The van der Waals surface area contributed by atoms with Crippen molar-refractivity contribution in [3.63, 3.8) is 0 Å². The highest BCUT2D eigenvalue weighted by atomic mass is 16.5. The van der Waals surface area contributed by atoms with E-state index >= 15 is 0 Å². The summed E-state index contributed by atoms with van der Waals surface area (Å²) in [6.07, 6.45) is 0. The Bertz CT molecular complexity index is 681. The molecule has 0 aliphatic heterocycles. The van der Waals surface area contributed by atoms with E-state index in [4.69, 9.17) is 9.47 Å². The van der Waals surface area contributed by atoms with Crippen LogP contribution in [0.1, 0.15) is 13.8 Å². The van der Waals surface area contributed by atoms with Crippen LogP contribution in [0.25, 0.3) is 0 Å². The Labute approximate surface area is 166 Å². The lowest BCUT2D eigenvalue weighted by Crippen LogP contribution is -2.29. The number of benzene rings is 2. The summed E-state index contributed by atoms with van der Waals surface area (Å²) in [4.78, 5) is 0. The van der Waals surface area contributed by atoms with Crippen molar-refractivity contribution in [3.05, 3.63) is 48.5 Å². The lowest BCUT2D eigenvalue weighted by Gasteiger charge is -2.20. The van der Waals surface area contributed by atoms with Crippen LogP contribution < -0.4 is 9.47 Å². The summed E-state index contributed by atoms with van der Waals surface area (Å²) < 4.78 is 10.3. The molecule has 0 unspecified atom stereocenters. The van der Waals surface area contributed by atoms with Gasteiger partial charge in [-0.1, -0.05) is 10.4 Å². The number of methoxy groups -OCH3 is 2. The highest BCUT2D eigenvalue weighted by Crippen LogP contribution is 2.19. The van der Waals surface area contributed by atoms with Gasteiger partial charge in [0.15, 0.2) is 0 Å². The fourth-order valence-electron chi connectivity index (χ4n) is 2.29. The molecule has 150 valence electrons. The number of hydrogen-bond donors (Lipinski definition) is 0. The van der Waals surface area contributed by atoms with Crippen molar-refractivity contribution in [3.8, 4) is 11.5 Å². The zero-order valence-electron chi connectivity index (χ0n) is 16.9. The molecular formula is C20H28N6O2. The van der Waals surface area contributed by atoms with Crippen LogP contribution in [0.15, 0.2) is 69.2 Å². The van der Waals surface area contributed by atoms with Crippen LogP contribution in [-0.2, 0) is 0 Å². The predicted octanol–water partition coefficient (Wildman–Crippen LogP) is 5.05. The molecule has 0 N–H and O–H groups in total. The van der Waals surface area contributed by atoms with Gasteiger partial charge < -0.3 is 9.47 Å². The Morgan fingerprint density at radius 2 is 1.00 bits per heavy atom. The molecule has 0 saturated heterocycles. The summed E-state index contributed by atoms with van der Waals surface area (Å²) in [5.74, 6) is 1.60. The normalized spacial score (nSPS) is 11.1. The molecule has 0 heterocycles. The second kappa shape index (κ2) is 11.5. The lowest BCUT2D eigenvalue weighted by molar-refractivity contribution is 0.209. The fourth-order valence-corrected chi connectivity index (χ4v) is 2.29. The molecule has 2 aromatic rings.